The minimum absolute atomic E-state index is 0.156. The highest BCUT2D eigenvalue weighted by Gasteiger charge is 2.40. The van der Waals surface area contributed by atoms with Gasteiger partial charge in [0.1, 0.15) is 5.82 Å². The van der Waals surface area contributed by atoms with Crippen LogP contribution >= 0.6 is 0 Å². The number of H-pyrrole nitrogens is 1. The smallest absolute Gasteiger partial charge is 0.370 e. The van der Waals surface area contributed by atoms with Gasteiger partial charge in [-0.2, -0.15) is 18.2 Å². The summed E-state index contributed by atoms with van der Waals surface area (Å²) in [6, 6.07) is 4.74. The number of fused-ring (bicyclic) bond motifs is 3. The molecule has 2 N–H and O–H groups in total. The summed E-state index contributed by atoms with van der Waals surface area (Å²) in [6.45, 7) is 4.45. The van der Waals surface area contributed by atoms with E-state index in [1.54, 1.807) is 6.34 Å². The summed E-state index contributed by atoms with van der Waals surface area (Å²) in [4.78, 5) is 17.1. The zero-order valence-electron chi connectivity index (χ0n) is 18.1. The van der Waals surface area contributed by atoms with E-state index < -0.39 is 12.0 Å². The van der Waals surface area contributed by atoms with E-state index in [-0.39, 0.29) is 25.2 Å². The fraction of sp³-hybridized carbons (Fsp3) is 0.524. The molecular formula is C21H24F3N9. The van der Waals surface area contributed by atoms with Crippen molar-refractivity contribution >= 4 is 18.1 Å². The monoisotopic (exact) mass is 459 g/mol. The molecule has 0 spiro atoms. The van der Waals surface area contributed by atoms with E-state index in [0.717, 1.165) is 49.0 Å². The molecule has 33 heavy (non-hydrogen) atoms. The Labute approximate surface area is 188 Å². The highest BCUT2D eigenvalue weighted by atomic mass is 19.4. The van der Waals surface area contributed by atoms with E-state index >= 15 is 0 Å². The number of nitrogens with zero attached hydrogens (tertiary/aromatic N) is 7. The molecule has 2 unspecified atom stereocenters. The van der Waals surface area contributed by atoms with Crippen LogP contribution in [0.1, 0.15) is 30.6 Å². The van der Waals surface area contributed by atoms with Gasteiger partial charge in [-0.25, -0.2) is 0 Å². The van der Waals surface area contributed by atoms with Crippen molar-refractivity contribution in [2.24, 2.45) is 4.99 Å². The Hall–Kier alpha value is -3.31. The van der Waals surface area contributed by atoms with E-state index in [0.29, 0.717) is 12.4 Å². The van der Waals surface area contributed by atoms with Gasteiger partial charge in [-0.15, -0.1) is 10.2 Å². The first-order valence-corrected chi connectivity index (χ1v) is 11.2. The SMILES string of the molecule is CCCc1cc2[nH]c(N3CC4N=CNC4C3)nc(N3CCn4c(nnc4C(F)(F)F)C3)c-2c1. The maximum Gasteiger partial charge on any atom is 0.451 e. The summed E-state index contributed by atoms with van der Waals surface area (Å²) < 4.78 is 41.0. The van der Waals surface area contributed by atoms with Crippen LogP contribution in [-0.2, 0) is 25.7 Å². The van der Waals surface area contributed by atoms with E-state index in [1.165, 1.54) is 10.1 Å². The normalized spacial score (nSPS) is 22.2. The van der Waals surface area contributed by atoms with Gasteiger partial charge in [-0.1, -0.05) is 13.3 Å². The van der Waals surface area contributed by atoms with Crippen LogP contribution in [0.3, 0.4) is 0 Å². The topological polar surface area (TPSA) is 90.3 Å². The lowest BCUT2D eigenvalue weighted by atomic mass is 10.2. The van der Waals surface area contributed by atoms with Crippen molar-refractivity contribution in [1.82, 2.24) is 30.0 Å². The van der Waals surface area contributed by atoms with Crippen molar-refractivity contribution in [2.75, 3.05) is 29.4 Å². The average molecular weight is 459 g/mol. The predicted molar refractivity (Wildman–Crippen MR) is 117 cm³/mol. The molecule has 12 heteroatoms. The van der Waals surface area contributed by atoms with Gasteiger partial charge in [0.05, 0.1) is 30.7 Å². The maximum atomic E-state index is 13.3. The Morgan fingerprint density at radius 2 is 2.00 bits per heavy atom. The molecule has 9 nitrogen and oxygen atoms in total. The zero-order valence-corrected chi connectivity index (χ0v) is 18.1. The van der Waals surface area contributed by atoms with Gasteiger partial charge in [0.2, 0.25) is 11.8 Å². The van der Waals surface area contributed by atoms with Crippen molar-refractivity contribution in [3.05, 3.63) is 29.3 Å². The minimum atomic E-state index is -4.51. The molecule has 1 aliphatic carbocycles. The zero-order chi connectivity index (χ0) is 22.7. The van der Waals surface area contributed by atoms with E-state index in [1.807, 2.05) is 4.90 Å². The second-order valence-electron chi connectivity index (χ2n) is 8.86. The fourth-order valence-electron chi connectivity index (χ4n) is 5.05. The Morgan fingerprint density at radius 1 is 1.12 bits per heavy atom. The predicted octanol–water partition coefficient (Wildman–Crippen LogP) is 2.29. The minimum Gasteiger partial charge on any atom is -0.370 e. The van der Waals surface area contributed by atoms with Gasteiger partial charge in [-0.3, -0.25) is 4.99 Å². The number of hydrogen-bond acceptors (Lipinski definition) is 7. The fourth-order valence-corrected chi connectivity index (χ4v) is 5.05. The molecule has 5 aliphatic rings. The molecule has 0 aromatic carbocycles. The molecule has 0 saturated carbocycles. The van der Waals surface area contributed by atoms with Crippen molar-refractivity contribution in [3.8, 4) is 11.3 Å². The number of aliphatic imine (C=N–C) groups is 1. The Morgan fingerprint density at radius 3 is 2.79 bits per heavy atom. The van der Waals surface area contributed by atoms with Crippen LogP contribution in [0.5, 0.6) is 0 Å². The second-order valence-corrected chi connectivity index (χ2v) is 8.86. The molecule has 5 heterocycles. The number of hydrogen-bond donors (Lipinski definition) is 2. The van der Waals surface area contributed by atoms with E-state index in [9.17, 15) is 13.2 Å². The van der Waals surface area contributed by atoms with Gasteiger partial charge < -0.3 is 24.7 Å². The second kappa shape index (κ2) is 7.35. The third kappa shape index (κ3) is 3.39. The van der Waals surface area contributed by atoms with Crippen molar-refractivity contribution < 1.29 is 13.2 Å². The molecule has 0 radical (unpaired) electrons. The standard InChI is InChI=1S/C21H24F3N9/c1-2-3-12-6-13-14(7-12)27-20(32-8-15-16(9-32)26-11-25-15)28-18(13)31-4-5-33-17(10-31)29-30-19(33)21(22,23)24/h6-7,11,15-16H,2-5,8-10H2,1H3,(H,25,26)(H,27,28). The largest absolute Gasteiger partial charge is 0.451 e. The molecule has 1 saturated heterocycles. The number of aryl methyl sites for hydroxylation is 1. The quantitative estimate of drug-likeness (QED) is 0.622. The molecule has 1 fully saturated rings. The number of rotatable bonds is 4. The summed E-state index contributed by atoms with van der Waals surface area (Å²) in [5.74, 6) is 0.873. The van der Waals surface area contributed by atoms with Crippen LogP contribution in [0, 0.1) is 0 Å². The first kappa shape index (κ1) is 20.3. The third-order valence-electron chi connectivity index (χ3n) is 6.64. The summed E-state index contributed by atoms with van der Waals surface area (Å²) in [5.41, 5.74) is 3.17. The van der Waals surface area contributed by atoms with Gasteiger partial charge in [0, 0.05) is 31.7 Å². The molecule has 0 amide bonds. The summed E-state index contributed by atoms with van der Waals surface area (Å²) in [7, 11) is 0. The summed E-state index contributed by atoms with van der Waals surface area (Å²) in [5, 5.41) is 10.5. The molecular weight excluding hydrogens is 435 g/mol. The average Bonchev–Trinajstić information content (AvgIpc) is 3.53. The first-order valence-electron chi connectivity index (χ1n) is 11.2. The number of aromatic amines is 1. The first-order chi connectivity index (χ1) is 15.9. The third-order valence-corrected chi connectivity index (χ3v) is 6.64. The van der Waals surface area contributed by atoms with Gasteiger partial charge in [-0.05, 0) is 24.1 Å². The lowest BCUT2D eigenvalue weighted by molar-refractivity contribution is -0.147. The van der Waals surface area contributed by atoms with Gasteiger partial charge >= 0.3 is 6.18 Å². The Balaban J connectivity index is 1.37. The summed E-state index contributed by atoms with van der Waals surface area (Å²) >= 11 is 0. The van der Waals surface area contributed by atoms with Crippen LogP contribution in [0.4, 0.5) is 24.9 Å². The van der Waals surface area contributed by atoms with Crippen LogP contribution in [0.25, 0.3) is 11.3 Å². The van der Waals surface area contributed by atoms with Gasteiger partial charge in [0.25, 0.3) is 0 Å². The molecule has 0 bridgehead atoms. The van der Waals surface area contributed by atoms with Crippen molar-refractivity contribution in [3.63, 3.8) is 0 Å². The van der Waals surface area contributed by atoms with Crippen LogP contribution < -0.4 is 15.1 Å². The van der Waals surface area contributed by atoms with Crippen molar-refractivity contribution in [2.45, 2.75) is 51.1 Å². The highest BCUT2D eigenvalue weighted by Crippen LogP contribution is 2.38. The molecule has 1 aromatic heterocycles. The van der Waals surface area contributed by atoms with E-state index in [4.69, 9.17) is 4.98 Å². The Kier molecular flexibility index (Phi) is 4.53. The number of alkyl halides is 3. The number of anilines is 2. The number of aromatic nitrogens is 5. The van der Waals surface area contributed by atoms with Crippen LogP contribution in [-0.4, -0.2) is 62.8 Å². The molecule has 2 atom stereocenters. The van der Waals surface area contributed by atoms with Crippen molar-refractivity contribution in [1.29, 1.82) is 0 Å². The Bertz CT molecular complexity index is 1180. The summed E-state index contributed by atoms with van der Waals surface area (Å²) in [6.07, 6.45) is -0.768. The number of nitrogens with one attached hydrogen (secondary N) is 2. The lowest BCUT2D eigenvalue weighted by Gasteiger charge is -2.31. The van der Waals surface area contributed by atoms with Crippen LogP contribution in [0.2, 0.25) is 0 Å². The molecule has 1 aromatic rings. The van der Waals surface area contributed by atoms with E-state index in [2.05, 4.69) is 49.4 Å². The molecule has 4 aliphatic heterocycles. The van der Waals surface area contributed by atoms with Gasteiger partial charge in [0.15, 0.2) is 5.82 Å². The number of halogens is 3. The lowest BCUT2D eigenvalue weighted by Crippen LogP contribution is -2.37. The molecule has 6 rings (SSSR count). The van der Waals surface area contributed by atoms with Crippen LogP contribution in [0.15, 0.2) is 17.1 Å². The maximum absolute atomic E-state index is 13.3. The highest BCUT2D eigenvalue weighted by molar-refractivity contribution is 5.79. The molecule has 174 valence electrons.